The van der Waals surface area contributed by atoms with Gasteiger partial charge in [0.05, 0.1) is 16.9 Å². The Morgan fingerprint density at radius 3 is 2.57 bits per heavy atom. The quantitative estimate of drug-likeness (QED) is 0.496. The van der Waals surface area contributed by atoms with Gasteiger partial charge in [-0.25, -0.2) is 0 Å². The van der Waals surface area contributed by atoms with Gasteiger partial charge in [0.25, 0.3) is 11.6 Å². The van der Waals surface area contributed by atoms with Crippen LogP contribution in [0, 0.1) is 10.1 Å². The monoisotopic (exact) mass is 305 g/mol. The van der Waals surface area contributed by atoms with E-state index < -0.39 is 29.5 Å². The summed E-state index contributed by atoms with van der Waals surface area (Å²) in [4.78, 5) is 21.8. The summed E-state index contributed by atoms with van der Waals surface area (Å²) in [5.41, 5.74) is 4.91. The number of amides is 1. The number of nitro groups is 1. The highest BCUT2D eigenvalue weighted by atomic mass is 19.4. The molecule has 6 nitrogen and oxygen atoms in total. The van der Waals surface area contributed by atoms with Crippen molar-refractivity contribution in [3.63, 3.8) is 0 Å². The Labute approximate surface area is 118 Å². The van der Waals surface area contributed by atoms with E-state index in [9.17, 15) is 28.1 Å². The SMILES string of the molecule is CC[C@H](CC(F)(F)F)NC(=O)c1cc([N+](=O)[O-])ccc1N. The second-order valence-electron chi connectivity index (χ2n) is 4.43. The topological polar surface area (TPSA) is 98.3 Å². The number of benzene rings is 1. The predicted molar refractivity (Wildman–Crippen MR) is 69.7 cm³/mol. The largest absolute Gasteiger partial charge is 0.398 e. The molecule has 0 fully saturated rings. The molecule has 0 heterocycles. The number of nitrogens with zero attached hydrogens (tertiary/aromatic N) is 1. The van der Waals surface area contributed by atoms with E-state index in [0.29, 0.717) is 0 Å². The number of carbonyl (C=O) groups is 1. The number of hydrogen-bond acceptors (Lipinski definition) is 4. The summed E-state index contributed by atoms with van der Waals surface area (Å²) in [6.45, 7) is 1.49. The van der Waals surface area contributed by atoms with Crippen LogP contribution in [0.2, 0.25) is 0 Å². The third kappa shape index (κ3) is 4.93. The van der Waals surface area contributed by atoms with Crippen LogP contribution >= 0.6 is 0 Å². The molecule has 9 heteroatoms. The minimum atomic E-state index is -4.41. The van der Waals surface area contributed by atoms with Gasteiger partial charge in [0.15, 0.2) is 0 Å². The van der Waals surface area contributed by atoms with E-state index in [-0.39, 0.29) is 23.4 Å². The van der Waals surface area contributed by atoms with Gasteiger partial charge in [0.1, 0.15) is 0 Å². The molecule has 0 bridgehead atoms. The van der Waals surface area contributed by atoms with Crippen LogP contribution < -0.4 is 11.1 Å². The van der Waals surface area contributed by atoms with Gasteiger partial charge in [-0.15, -0.1) is 0 Å². The smallest absolute Gasteiger partial charge is 0.391 e. The maximum atomic E-state index is 12.3. The minimum Gasteiger partial charge on any atom is -0.398 e. The van der Waals surface area contributed by atoms with E-state index in [1.807, 2.05) is 0 Å². The van der Waals surface area contributed by atoms with Crippen molar-refractivity contribution in [2.24, 2.45) is 0 Å². The average Bonchev–Trinajstić information content (AvgIpc) is 2.36. The second-order valence-corrected chi connectivity index (χ2v) is 4.43. The van der Waals surface area contributed by atoms with E-state index >= 15 is 0 Å². The lowest BCUT2D eigenvalue weighted by molar-refractivity contribution is -0.384. The number of rotatable bonds is 5. The highest BCUT2D eigenvalue weighted by Gasteiger charge is 2.32. The van der Waals surface area contributed by atoms with Gasteiger partial charge in [-0.1, -0.05) is 6.92 Å². The molecule has 0 radical (unpaired) electrons. The van der Waals surface area contributed by atoms with Crippen molar-refractivity contribution in [3.05, 3.63) is 33.9 Å². The highest BCUT2D eigenvalue weighted by molar-refractivity contribution is 5.99. The molecule has 1 aromatic rings. The molecule has 21 heavy (non-hydrogen) atoms. The molecule has 0 aliphatic rings. The standard InChI is InChI=1S/C12H14F3N3O3/c1-2-7(6-12(13,14)15)17-11(19)9-5-8(18(20)21)3-4-10(9)16/h3-5,7H,2,6,16H2,1H3,(H,17,19)/t7-/m1/s1. The van der Waals surface area contributed by atoms with Crippen LogP contribution in [0.1, 0.15) is 30.1 Å². The first-order valence-electron chi connectivity index (χ1n) is 6.05. The molecule has 1 amide bonds. The molecule has 0 aliphatic carbocycles. The third-order valence-electron chi connectivity index (χ3n) is 2.80. The van der Waals surface area contributed by atoms with Crippen molar-refractivity contribution >= 4 is 17.3 Å². The molecule has 0 aromatic heterocycles. The number of nitro benzene ring substituents is 1. The fraction of sp³-hybridized carbons (Fsp3) is 0.417. The van der Waals surface area contributed by atoms with Crippen LogP contribution in [-0.4, -0.2) is 23.0 Å². The number of nitrogen functional groups attached to an aromatic ring is 1. The molecule has 0 saturated carbocycles. The fourth-order valence-corrected chi connectivity index (χ4v) is 1.69. The van der Waals surface area contributed by atoms with Crippen LogP contribution in [0.3, 0.4) is 0 Å². The summed E-state index contributed by atoms with van der Waals surface area (Å²) in [6, 6.07) is 2.10. The fourth-order valence-electron chi connectivity index (χ4n) is 1.69. The zero-order valence-corrected chi connectivity index (χ0v) is 11.1. The summed E-state index contributed by atoms with van der Waals surface area (Å²) < 4.78 is 37.0. The number of non-ortho nitro benzene ring substituents is 1. The van der Waals surface area contributed by atoms with E-state index in [1.165, 1.54) is 6.92 Å². The van der Waals surface area contributed by atoms with Crippen LogP contribution in [0.4, 0.5) is 24.5 Å². The van der Waals surface area contributed by atoms with Crippen LogP contribution in [0.15, 0.2) is 18.2 Å². The summed E-state index contributed by atoms with van der Waals surface area (Å²) in [7, 11) is 0. The van der Waals surface area contributed by atoms with E-state index in [2.05, 4.69) is 5.32 Å². The first kappa shape index (κ1) is 16.7. The Kier molecular flexibility index (Phi) is 5.12. The Balaban J connectivity index is 2.92. The number of nitrogens with two attached hydrogens (primary N) is 1. The molecule has 0 saturated heterocycles. The Morgan fingerprint density at radius 1 is 1.48 bits per heavy atom. The van der Waals surface area contributed by atoms with Crippen molar-refractivity contribution in [2.45, 2.75) is 32.0 Å². The second kappa shape index (κ2) is 6.42. The predicted octanol–water partition coefficient (Wildman–Crippen LogP) is 2.64. The van der Waals surface area contributed by atoms with Crippen LogP contribution in [0.25, 0.3) is 0 Å². The first-order chi connectivity index (χ1) is 9.64. The molecule has 0 spiro atoms. The first-order valence-corrected chi connectivity index (χ1v) is 6.05. The molecular weight excluding hydrogens is 291 g/mol. The van der Waals surface area contributed by atoms with Gasteiger partial charge in [-0.05, 0) is 12.5 Å². The lowest BCUT2D eigenvalue weighted by atomic mass is 10.1. The van der Waals surface area contributed by atoms with Crippen molar-refractivity contribution < 1.29 is 22.9 Å². The summed E-state index contributed by atoms with van der Waals surface area (Å²) >= 11 is 0. The maximum Gasteiger partial charge on any atom is 0.391 e. The highest BCUT2D eigenvalue weighted by Crippen LogP contribution is 2.24. The Hall–Kier alpha value is -2.32. The Bertz CT molecular complexity index is 546. The van der Waals surface area contributed by atoms with E-state index in [0.717, 1.165) is 18.2 Å². The maximum absolute atomic E-state index is 12.3. The molecule has 1 rings (SSSR count). The minimum absolute atomic E-state index is 0.0417. The molecule has 1 atom stereocenters. The van der Waals surface area contributed by atoms with E-state index in [4.69, 9.17) is 5.73 Å². The Morgan fingerprint density at radius 2 is 2.10 bits per heavy atom. The molecule has 0 aliphatic heterocycles. The van der Waals surface area contributed by atoms with Gasteiger partial charge in [0, 0.05) is 23.9 Å². The summed E-state index contributed by atoms with van der Waals surface area (Å²) in [6.07, 6.45) is -5.52. The lowest BCUT2D eigenvalue weighted by Crippen LogP contribution is -2.38. The van der Waals surface area contributed by atoms with Crippen molar-refractivity contribution in [2.75, 3.05) is 5.73 Å². The van der Waals surface area contributed by atoms with Crippen molar-refractivity contribution in [3.8, 4) is 0 Å². The van der Waals surface area contributed by atoms with Gasteiger partial charge >= 0.3 is 6.18 Å². The van der Waals surface area contributed by atoms with Gasteiger partial charge in [-0.2, -0.15) is 13.2 Å². The summed E-state index contributed by atoms with van der Waals surface area (Å²) in [5.74, 6) is -0.868. The van der Waals surface area contributed by atoms with Crippen molar-refractivity contribution in [1.29, 1.82) is 0 Å². The number of carbonyl (C=O) groups excluding carboxylic acids is 1. The van der Waals surface area contributed by atoms with Crippen LogP contribution in [-0.2, 0) is 0 Å². The number of nitrogens with one attached hydrogen (secondary N) is 1. The normalized spacial score (nSPS) is 12.8. The molecular formula is C12H14F3N3O3. The third-order valence-corrected chi connectivity index (χ3v) is 2.80. The van der Waals surface area contributed by atoms with E-state index in [1.54, 1.807) is 0 Å². The number of halogens is 3. The van der Waals surface area contributed by atoms with Crippen molar-refractivity contribution in [1.82, 2.24) is 5.32 Å². The van der Waals surface area contributed by atoms with Crippen LogP contribution in [0.5, 0.6) is 0 Å². The molecule has 0 unspecified atom stereocenters. The number of anilines is 1. The lowest BCUT2D eigenvalue weighted by Gasteiger charge is -2.19. The zero-order valence-electron chi connectivity index (χ0n) is 11.1. The number of alkyl halides is 3. The molecule has 1 aromatic carbocycles. The zero-order chi connectivity index (χ0) is 16.2. The molecule has 116 valence electrons. The van der Waals surface area contributed by atoms with Gasteiger partial charge in [0.2, 0.25) is 0 Å². The number of hydrogen-bond donors (Lipinski definition) is 2. The van der Waals surface area contributed by atoms with Gasteiger partial charge < -0.3 is 11.1 Å². The molecule has 3 N–H and O–H groups in total. The summed E-state index contributed by atoms with van der Waals surface area (Å²) in [5, 5.41) is 12.8. The average molecular weight is 305 g/mol. The van der Waals surface area contributed by atoms with Gasteiger partial charge in [-0.3, -0.25) is 14.9 Å².